The van der Waals surface area contributed by atoms with Gasteiger partial charge in [0.1, 0.15) is 0 Å². The number of aromatic nitrogens is 3. The Morgan fingerprint density at radius 1 is 1.25 bits per heavy atom. The summed E-state index contributed by atoms with van der Waals surface area (Å²) in [7, 11) is 0. The molecule has 0 bridgehead atoms. The molecular formula is C12H16N4. The number of hydrogen-bond donors (Lipinski definition) is 0. The molecule has 1 aliphatic rings. The van der Waals surface area contributed by atoms with E-state index < -0.39 is 0 Å². The van der Waals surface area contributed by atoms with Crippen molar-refractivity contribution >= 4 is 11.6 Å². The van der Waals surface area contributed by atoms with Gasteiger partial charge in [-0.05, 0) is 38.3 Å². The second kappa shape index (κ2) is 3.77. The summed E-state index contributed by atoms with van der Waals surface area (Å²) in [5.41, 5.74) is 0.926. The first-order chi connectivity index (χ1) is 7.86. The number of pyridine rings is 1. The third-order valence-electron chi connectivity index (χ3n) is 3.36. The second-order valence-corrected chi connectivity index (χ2v) is 4.47. The number of fused-ring (bicyclic) bond motifs is 1. The summed E-state index contributed by atoms with van der Waals surface area (Å²) in [6, 6.07) is 6.58. The van der Waals surface area contributed by atoms with Crippen LogP contribution in [0.4, 0.5) is 5.95 Å². The molecule has 16 heavy (non-hydrogen) atoms. The Morgan fingerprint density at radius 2 is 2.19 bits per heavy atom. The third-order valence-corrected chi connectivity index (χ3v) is 3.36. The standard InChI is InChI=1S/C12H16N4/c1-10-6-2-4-8-15(10)12-14-13-11-7-3-5-9-16(11)12/h3,5,7,9-10H,2,4,6,8H2,1H3/t10-/m0/s1. The molecule has 0 radical (unpaired) electrons. The summed E-state index contributed by atoms with van der Waals surface area (Å²) < 4.78 is 2.07. The molecule has 1 saturated heterocycles. The summed E-state index contributed by atoms with van der Waals surface area (Å²) in [5, 5.41) is 8.51. The minimum absolute atomic E-state index is 0.571. The van der Waals surface area contributed by atoms with Gasteiger partial charge in [-0.2, -0.15) is 0 Å². The molecule has 1 aliphatic heterocycles. The molecule has 0 saturated carbocycles. The van der Waals surface area contributed by atoms with Crippen molar-refractivity contribution in [1.29, 1.82) is 0 Å². The van der Waals surface area contributed by atoms with E-state index in [9.17, 15) is 0 Å². The van der Waals surface area contributed by atoms with E-state index in [0.29, 0.717) is 6.04 Å². The van der Waals surface area contributed by atoms with Gasteiger partial charge in [-0.15, -0.1) is 10.2 Å². The van der Waals surface area contributed by atoms with Gasteiger partial charge in [-0.1, -0.05) is 6.07 Å². The molecule has 0 N–H and O–H groups in total. The largest absolute Gasteiger partial charge is 0.338 e. The van der Waals surface area contributed by atoms with Crippen LogP contribution in [0.1, 0.15) is 26.2 Å². The Hall–Kier alpha value is -1.58. The van der Waals surface area contributed by atoms with Crippen LogP contribution in [0.25, 0.3) is 5.65 Å². The van der Waals surface area contributed by atoms with Crippen LogP contribution >= 0.6 is 0 Å². The van der Waals surface area contributed by atoms with Crippen LogP contribution in [-0.4, -0.2) is 27.2 Å². The van der Waals surface area contributed by atoms with E-state index >= 15 is 0 Å². The maximum atomic E-state index is 4.31. The lowest BCUT2D eigenvalue weighted by Crippen LogP contribution is -2.38. The van der Waals surface area contributed by atoms with Crippen molar-refractivity contribution in [1.82, 2.24) is 14.6 Å². The van der Waals surface area contributed by atoms with Crippen LogP contribution in [-0.2, 0) is 0 Å². The fourth-order valence-corrected chi connectivity index (χ4v) is 2.42. The van der Waals surface area contributed by atoms with Crippen LogP contribution in [0.2, 0.25) is 0 Å². The van der Waals surface area contributed by atoms with E-state index in [1.165, 1.54) is 19.3 Å². The molecule has 0 aliphatic carbocycles. The monoisotopic (exact) mass is 216 g/mol. The van der Waals surface area contributed by atoms with Crippen LogP contribution in [0.15, 0.2) is 24.4 Å². The lowest BCUT2D eigenvalue weighted by atomic mass is 10.0. The zero-order valence-corrected chi connectivity index (χ0v) is 9.50. The van der Waals surface area contributed by atoms with Crippen molar-refractivity contribution in [2.24, 2.45) is 0 Å². The Balaban J connectivity index is 2.04. The minimum atomic E-state index is 0.571. The maximum absolute atomic E-state index is 4.31. The lowest BCUT2D eigenvalue weighted by molar-refractivity contribution is 0.476. The van der Waals surface area contributed by atoms with E-state index in [4.69, 9.17) is 0 Å². The Labute approximate surface area is 94.9 Å². The van der Waals surface area contributed by atoms with E-state index in [2.05, 4.69) is 26.4 Å². The van der Waals surface area contributed by atoms with E-state index in [0.717, 1.165) is 18.1 Å². The molecule has 0 unspecified atom stereocenters. The number of piperidine rings is 1. The summed E-state index contributed by atoms with van der Waals surface area (Å²) in [6.07, 6.45) is 5.87. The normalized spacial score (nSPS) is 21.6. The second-order valence-electron chi connectivity index (χ2n) is 4.47. The van der Waals surface area contributed by atoms with Gasteiger partial charge in [0.25, 0.3) is 0 Å². The highest BCUT2D eigenvalue weighted by Gasteiger charge is 2.22. The van der Waals surface area contributed by atoms with Crippen LogP contribution in [0, 0.1) is 0 Å². The van der Waals surface area contributed by atoms with E-state index in [1.807, 2.05) is 24.4 Å². The lowest BCUT2D eigenvalue weighted by Gasteiger charge is -2.33. The summed E-state index contributed by atoms with van der Waals surface area (Å²) >= 11 is 0. The van der Waals surface area contributed by atoms with Gasteiger partial charge < -0.3 is 4.90 Å². The molecule has 0 aromatic carbocycles. The molecule has 4 heteroatoms. The topological polar surface area (TPSA) is 33.4 Å². The minimum Gasteiger partial charge on any atom is -0.338 e. The van der Waals surface area contributed by atoms with Crippen molar-refractivity contribution in [3.05, 3.63) is 24.4 Å². The summed E-state index contributed by atoms with van der Waals surface area (Å²) in [6.45, 7) is 3.36. The van der Waals surface area contributed by atoms with Gasteiger partial charge in [0, 0.05) is 18.8 Å². The van der Waals surface area contributed by atoms with Gasteiger partial charge in [-0.25, -0.2) is 0 Å². The smallest absolute Gasteiger partial charge is 0.231 e. The number of hydrogen-bond acceptors (Lipinski definition) is 3. The van der Waals surface area contributed by atoms with Crippen LogP contribution < -0.4 is 4.90 Å². The van der Waals surface area contributed by atoms with Gasteiger partial charge in [0.15, 0.2) is 5.65 Å². The number of anilines is 1. The van der Waals surface area contributed by atoms with Crippen molar-refractivity contribution in [3.8, 4) is 0 Å². The Bertz CT molecular complexity index is 490. The van der Waals surface area contributed by atoms with Crippen molar-refractivity contribution in [2.75, 3.05) is 11.4 Å². The van der Waals surface area contributed by atoms with Crippen molar-refractivity contribution < 1.29 is 0 Å². The molecule has 0 spiro atoms. The summed E-state index contributed by atoms with van der Waals surface area (Å²) in [4.78, 5) is 2.36. The fourth-order valence-electron chi connectivity index (χ4n) is 2.42. The van der Waals surface area contributed by atoms with Crippen molar-refractivity contribution in [2.45, 2.75) is 32.2 Å². The first-order valence-electron chi connectivity index (χ1n) is 5.92. The third kappa shape index (κ3) is 1.45. The van der Waals surface area contributed by atoms with Gasteiger partial charge in [0.2, 0.25) is 5.95 Å². The highest BCUT2D eigenvalue weighted by molar-refractivity contribution is 5.46. The Morgan fingerprint density at radius 3 is 3.06 bits per heavy atom. The van der Waals surface area contributed by atoms with E-state index in [-0.39, 0.29) is 0 Å². The molecule has 0 amide bonds. The molecule has 4 nitrogen and oxygen atoms in total. The first-order valence-corrected chi connectivity index (χ1v) is 5.92. The zero-order chi connectivity index (χ0) is 11.0. The fraction of sp³-hybridized carbons (Fsp3) is 0.500. The van der Waals surface area contributed by atoms with Gasteiger partial charge in [-0.3, -0.25) is 4.40 Å². The maximum Gasteiger partial charge on any atom is 0.231 e. The highest BCUT2D eigenvalue weighted by Crippen LogP contribution is 2.23. The highest BCUT2D eigenvalue weighted by atomic mass is 15.4. The van der Waals surface area contributed by atoms with Gasteiger partial charge in [0.05, 0.1) is 0 Å². The van der Waals surface area contributed by atoms with Gasteiger partial charge >= 0.3 is 0 Å². The quantitative estimate of drug-likeness (QED) is 0.732. The zero-order valence-electron chi connectivity index (χ0n) is 9.50. The average Bonchev–Trinajstić information content (AvgIpc) is 2.74. The first kappa shape index (κ1) is 9.63. The van der Waals surface area contributed by atoms with Crippen LogP contribution in [0.3, 0.4) is 0 Å². The molecule has 2 aromatic heterocycles. The van der Waals surface area contributed by atoms with E-state index in [1.54, 1.807) is 0 Å². The SMILES string of the molecule is C[C@H]1CCCCN1c1nnc2ccccn12. The predicted molar refractivity (Wildman–Crippen MR) is 63.6 cm³/mol. The number of nitrogens with zero attached hydrogens (tertiary/aromatic N) is 4. The predicted octanol–water partition coefficient (Wildman–Crippen LogP) is 2.11. The molecule has 3 rings (SSSR count). The molecule has 1 fully saturated rings. The molecule has 3 heterocycles. The molecule has 1 atom stereocenters. The van der Waals surface area contributed by atoms with Crippen molar-refractivity contribution in [3.63, 3.8) is 0 Å². The molecular weight excluding hydrogens is 200 g/mol. The average molecular weight is 216 g/mol. The molecule has 84 valence electrons. The number of rotatable bonds is 1. The summed E-state index contributed by atoms with van der Waals surface area (Å²) in [5.74, 6) is 0.989. The van der Waals surface area contributed by atoms with Crippen LogP contribution in [0.5, 0.6) is 0 Å². The Kier molecular flexibility index (Phi) is 2.27. The molecule has 2 aromatic rings.